The first-order chi connectivity index (χ1) is 19.4. The average Bonchev–Trinajstić information content (AvgIpc) is 3.48. The molecule has 0 radical (unpaired) electrons. The quantitative estimate of drug-likeness (QED) is 0.333. The largest absolute Gasteiger partial charge is 0.381 e. The number of aryl methyl sites for hydroxylation is 1. The Bertz CT molecular complexity index is 1960. The Labute approximate surface area is 229 Å². The Morgan fingerprint density at radius 1 is 1.02 bits per heavy atom. The number of fused-ring (bicyclic) bond motifs is 2. The van der Waals surface area contributed by atoms with Crippen LogP contribution in [-0.2, 0) is 7.05 Å². The molecule has 0 unspecified atom stereocenters. The molecule has 2 aromatic carbocycles. The molecule has 4 heterocycles. The third-order valence-electron chi connectivity index (χ3n) is 6.74. The number of nitrogens with zero attached hydrogens (tertiary/aromatic N) is 7. The number of carbonyl (C=O) groups excluding carboxylic acids is 1. The number of nitrogens with two attached hydrogens (primary N) is 1. The second-order valence-corrected chi connectivity index (χ2v) is 9.36. The van der Waals surface area contributed by atoms with Crippen LogP contribution in [0.1, 0.15) is 45.8 Å². The van der Waals surface area contributed by atoms with Gasteiger partial charge in [0.2, 0.25) is 0 Å². The molecule has 4 aromatic heterocycles. The Morgan fingerprint density at radius 2 is 1.82 bits per heavy atom. The van der Waals surface area contributed by atoms with E-state index in [9.17, 15) is 4.79 Å². The zero-order chi connectivity index (χ0) is 27.8. The molecular formula is C30H25N9O. The molecule has 1 atom stereocenters. The average molecular weight is 528 g/mol. The lowest BCUT2D eigenvalue weighted by Crippen LogP contribution is -2.28. The normalized spacial score (nSPS) is 11.8. The molecule has 6 rings (SSSR count). The number of nitrogens with one attached hydrogen (secondary N) is 1. The summed E-state index contributed by atoms with van der Waals surface area (Å²) in [7, 11) is 1.89. The summed E-state index contributed by atoms with van der Waals surface area (Å²) in [5, 5.41) is 11.5. The summed E-state index contributed by atoms with van der Waals surface area (Å²) in [6.45, 7) is 3.84. The molecule has 1 amide bonds. The third-order valence-corrected chi connectivity index (χ3v) is 6.74. The highest BCUT2D eigenvalue weighted by Crippen LogP contribution is 2.29. The molecule has 0 aliphatic rings. The second kappa shape index (κ2) is 9.96. The Kier molecular flexibility index (Phi) is 6.16. The van der Waals surface area contributed by atoms with Gasteiger partial charge in [-0.15, -0.1) is 5.10 Å². The van der Waals surface area contributed by atoms with E-state index in [1.54, 1.807) is 29.3 Å². The minimum atomic E-state index is -0.509. The molecule has 0 aliphatic heterocycles. The van der Waals surface area contributed by atoms with E-state index in [1.807, 2.05) is 69.4 Å². The van der Waals surface area contributed by atoms with E-state index >= 15 is 0 Å². The predicted molar refractivity (Wildman–Crippen MR) is 152 cm³/mol. The highest BCUT2D eigenvalue weighted by molar-refractivity contribution is 6.04. The van der Waals surface area contributed by atoms with Crippen LogP contribution < -0.4 is 11.1 Å². The van der Waals surface area contributed by atoms with Gasteiger partial charge in [0.15, 0.2) is 11.5 Å². The number of hydrogen-bond acceptors (Lipinski definition) is 7. The first-order valence-electron chi connectivity index (χ1n) is 12.7. The fourth-order valence-corrected chi connectivity index (χ4v) is 4.52. The fraction of sp³-hybridized carbons (Fsp3) is 0.133. The molecule has 10 heteroatoms. The Balaban J connectivity index is 1.43. The smallest absolute Gasteiger partial charge is 0.259 e. The predicted octanol–water partition coefficient (Wildman–Crippen LogP) is 3.85. The van der Waals surface area contributed by atoms with Gasteiger partial charge in [0.1, 0.15) is 11.1 Å². The number of carbonyl (C=O) groups is 1. The molecule has 0 fully saturated rings. The highest BCUT2D eigenvalue weighted by atomic mass is 16.1. The lowest BCUT2D eigenvalue weighted by atomic mass is 10.0. The van der Waals surface area contributed by atoms with E-state index < -0.39 is 11.9 Å². The number of rotatable bonds is 4. The SMILES string of the molecule is Cc1c(C#Cc2cccc3nc([C@@H](C)NC(=O)c4c(N)nn5cccnc45)c(-c4ccccc4)nc23)cnn1C. The number of para-hydroxylation sites is 1. The van der Waals surface area contributed by atoms with Gasteiger partial charge in [0, 0.05) is 25.0 Å². The van der Waals surface area contributed by atoms with Crippen LogP contribution in [0, 0.1) is 18.8 Å². The summed E-state index contributed by atoms with van der Waals surface area (Å²) in [4.78, 5) is 27.7. The number of amides is 1. The van der Waals surface area contributed by atoms with Gasteiger partial charge in [-0.3, -0.25) is 9.48 Å². The number of benzene rings is 2. The van der Waals surface area contributed by atoms with Gasteiger partial charge in [-0.2, -0.15) is 5.10 Å². The molecule has 0 aliphatic carbocycles. The van der Waals surface area contributed by atoms with Crippen LogP contribution in [0.15, 0.2) is 73.2 Å². The van der Waals surface area contributed by atoms with Gasteiger partial charge < -0.3 is 11.1 Å². The van der Waals surface area contributed by atoms with Crippen molar-refractivity contribution in [2.75, 3.05) is 5.73 Å². The highest BCUT2D eigenvalue weighted by Gasteiger charge is 2.24. The molecule has 3 N–H and O–H groups in total. The van der Waals surface area contributed by atoms with Crippen molar-refractivity contribution in [3.05, 3.63) is 101 Å². The number of anilines is 1. The molecule has 40 heavy (non-hydrogen) atoms. The summed E-state index contributed by atoms with van der Waals surface area (Å²) in [5.41, 5.74) is 12.7. The van der Waals surface area contributed by atoms with E-state index in [0.717, 1.165) is 22.4 Å². The van der Waals surface area contributed by atoms with Gasteiger partial charge in [-0.1, -0.05) is 48.2 Å². The van der Waals surface area contributed by atoms with Crippen molar-refractivity contribution in [1.82, 2.24) is 39.7 Å². The number of hydrogen-bond donors (Lipinski definition) is 2. The van der Waals surface area contributed by atoms with Crippen LogP contribution in [0.2, 0.25) is 0 Å². The van der Waals surface area contributed by atoms with Crippen LogP contribution in [0.3, 0.4) is 0 Å². The van der Waals surface area contributed by atoms with Crippen molar-refractivity contribution < 1.29 is 4.79 Å². The zero-order valence-electron chi connectivity index (χ0n) is 22.1. The number of nitrogen functional groups attached to an aromatic ring is 1. The minimum Gasteiger partial charge on any atom is -0.381 e. The molecule has 0 saturated heterocycles. The summed E-state index contributed by atoms with van der Waals surface area (Å²) in [5.74, 6) is 6.17. The summed E-state index contributed by atoms with van der Waals surface area (Å²) in [6, 6.07) is 16.7. The van der Waals surface area contributed by atoms with E-state index in [0.29, 0.717) is 28.1 Å². The van der Waals surface area contributed by atoms with E-state index in [4.69, 9.17) is 15.7 Å². The van der Waals surface area contributed by atoms with Crippen molar-refractivity contribution in [2.45, 2.75) is 19.9 Å². The maximum atomic E-state index is 13.4. The van der Waals surface area contributed by atoms with E-state index in [-0.39, 0.29) is 11.4 Å². The van der Waals surface area contributed by atoms with Crippen molar-refractivity contribution >= 4 is 28.4 Å². The van der Waals surface area contributed by atoms with Gasteiger partial charge in [-0.05, 0) is 32.0 Å². The molecule has 196 valence electrons. The van der Waals surface area contributed by atoms with Gasteiger partial charge >= 0.3 is 0 Å². The van der Waals surface area contributed by atoms with E-state index in [1.165, 1.54) is 4.52 Å². The molecule has 10 nitrogen and oxygen atoms in total. The lowest BCUT2D eigenvalue weighted by Gasteiger charge is -2.18. The van der Waals surface area contributed by atoms with Crippen molar-refractivity contribution in [1.29, 1.82) is 0 Å². The molecule has 0 spiro atoms. The summed E-state index contributed by atoms with van der Waals surface area (Å²) in [6.07, 6.45) is 5.04. The standard InChI is InChI=1S/C30H25N9O/c1-18(34-30(40)24-28(31)37-39-16-8-15-32-29(24)39)25-27(20-9-5-4-6-10-20)36-26-21(11-7-12-23(26)35-25)13-14-22-17-33-38(3)19(22)2/h4-12,15-18H,1-3H3,(H2,31,37)(H,34,40)/t18-/m1/s1. The molecule has 6 aromatic rings. The molecule has 0 bridgehead atoms. The Hall–Kier alpha value is -5.56. The first kappa shape index (κ1) is 24.8. The van der Waals surface area contributed by atoms with Crippen molar-refractivity contribution in [3.8, 4) is 23.1 Å². The van der Waals surface area contributed by atoms with E-state index in [2.05, 4.69) is 32.3 Å². The zero-order valence-corrected chi connectivity index (χ0v) is 22.1. The van der Waals surface area contributed by atoms with Gasteiger partial charge in [-0.25, -0.2) is 19.5 Å². The van der Waals surface area contributed by atoms with Crippen LogP contribution in [-0.4, -0.2) is 40.3 Å². The maximum Gasteiger partial charge on any atom is 0.259 e. The Morgan fingerprint density at radius 3 is 2.60 bits per heavy atom. The summed E-state index contributed by atoms with van der Waals surface area (Å²) >= 11 is 0. The lowest BCUT2D eigenvalue weighted by molar-refractivity contribution is 0.0941. The van der Waals surface area contributed by atoms with Crippen LogP contribution in [0.5, 0.6) is 0 Å². The molecular weight excluding hydrogens is 502 g/mol. The third kappa shape index (κ3) is 4.39. The second-order valence-electron chi connectivity index (χ2n) is 9.36. The maximum absolute atomic E-state index is 13.4. The molecule has 0 saturated carbocycles. The van der Waals surface area contributed by atoms with Crippen LogP contribution in [0.4, 0.5) is 5.82 Å². The van der Waals surface area contributed by atoms with Gasteiger partial charge in [0.05, 0.1) is 46.0 Å². The van der Waals surface area contributed by atoms with Crippen molar-refractivity contribution in [3.63, 3.8) is 0 Å². The first-order valence-corrected chi connectivity index (χ1v) is 12.7. The van der Waals surface area contributed by atoms with Crippen LogP contribution in [0.25, 0.3) is 27.9 Å². The number of aromatic nitrogens is 7. The van der Waals surface area contributed by atoms with Crippen LogP contribution >= 0.6 is 0 Å². The summed E-state index contributed by atoms with van der Waals surface area (Å²) < 4.78 is 3.27. The fourth-order valence-electron chi connectivity index (χ4n) is 4.52. The topological polar surface area (TPSA) is 129 Å². The monoisotopic (exact) mass is 527 g/mol. The van der Waals surface area contributed by atoms with Gasteiger partial charge in [0.25, 0.3) is 5.91 Å². The van der Waals surface area contributed by atoms with Crippen molar-refractivity contribution in [2.24, 2.45) is 7.05 Å². The minimum absolute atomic E-state index is 0.100.